The van der Waals surface area contributed by atoms with E-state index in [1.165, 1.54) is 18.2 Å². The number of carbonyl (C=O) groups is 1. The zero-order valence-corrected chi connectivity index (χ0v) is 9.81. The SMILES string of the molecule is CCCC1CC1NC(=O)c1ccc(O)c(O)c1. The van der Waals surface area contributed by atoms with E-state index in [0.717, 1.165) is 19.3 Å². The lowest BCUT2D eigenvalue weighted by atomic mass is 10.2. The molecule has 1 aromatic rings. The zero-order valence-electron chi connectivity index (χ0n) is 9.81. The van der Waals surface area contributed by atoms with Gasteiger partial charge in [0.1, 0.15) is 0 Å². The Morgan fingerprint density at radius 3 is 2.82 bits per heavy atom. The molecule has 2 rings (SSSR count). The van der Waals surface area contributed by atoms with Gasteiger partial charge in [-0.1, -0.05) is 13.3 Å². The van der Waals surface area contributed by atoms with Crippen LogP contribution in [-0.2, 0) is 0 Å². The van der Waals surface area contributed by atoms with E-state index in [-0.39, 0.29) is 23.4 Å². The minimum atomic E-state index is -0.265. The number of hydrogen-bond acceptors (Lipinski definition) is 3. The molecule has 2 atom stereocenters. The molecule has 1 aromatic carbocycles. The monoisotopic (exact) mass is 235 g/mol. The van der Waals surface area contributed by atoms with Crippen molar-refractivity contribution in [3.8, 4) is 11.5 Å². The number of hydrogen-bond donors (Lipinski definition) is 3. The van der Waals surface area contributed by atoms with Crippen molar-refractivity contribution in [2.75, 3.05) is 0 Å². The first kappa shape index (κ1) is 11.8. The second-order valence-electron chi connectivity index (χ2n) is 4.57. The number of benzene rings is 1. The number of amides is 1. The highest BCUT2D eigenvalue weighted by atomic mass is 16.3. The minimum Gasteiger partial charge on any atom is -0.504 e. The molecule has 1 fully saturated rings. The summed E-state index contributed by atoms with van der Waals surface area (Å²) in [6, 6.07) is 4.38. The van der Waals surface area contributed by atoms with Crippen LogP contribution in [0.15, 0.2) is 18.2 Å². The molecule has 1 aliphatic rings. The molecule has 2 unspecified atom stereocenters. The second kappa shape index (κ2) is 4.65. The average molecular weight is 235 g/mol. The first-order valence-electron chi connectivity index (χ1n) is 5.94. The smallest absolute Gasteiger partial charge is 0.251 e. The first-order valence-corrected chi connectivity index (χ1v) is 5.94. The molecule has 0 aromatic heterocycles. The maximum absolute atomic E-state index is 11.8. The predicted molar refractivity (Wildman–Crippen MR) is 64.0 cm³/mol. The van der Waals surface area contributed by atoms with Crippen molar-refractivity contribution < 1.29 is 15.0 Å². The molecule has 92 valence electrons. The molecule has 1 aliphatic carbocycles. The van der Waals surface area contributed by atoms with Crippen LogP contribution in [0.5, 0.6) is 11.5 Å². The molecule has 3 N–H and O–H groups in total. The van der Waals surface area contributed by atoms with E-state index in [1.54, 1.807) is 0 Å². The molecule has 4 heteroatoms. The van der Waals surface area contributed by atoms with Crippen LogP contribution >= 0.6 is 0 Å². The van der Waals surface area contributed by atoms with Gasteiger partial charge in [-0.05, 0) is 37.0 Å². The van der Waals surface area contributed by atoms with Gasteiger partial charge in [-0.25, -0.2) is 0 Å². The summed E-state index contributed by atoms with van der Waals surface area (Å²) in [7, 11) is 0. The maximum atomic E-state index is 11.8. The number of aromatic hydroxyl groups is 2. The maximum Gasteiger partial charge on any atom is 0.251 e. The van der Waals surface area contributed by atoms with Crippen LogP contribution in [0.1, 0.15) is 36.5 Å². The molecule has 1 saturated carbocycles. The van der Waals surface area contributed by atoms with Crippen molar-refractivity contribution in [3.63, 3.8) is 0 Å². The van der Waals surface area contributed by atoms with Crippen molar-refractivity contribution in [3.05, 3.63) is 23.8 Å². The molecular formula is C13H17NO3. The van der Waals surface area contributed by atoms with Gasteiger partial charge in [-0.2, -0.15) is 0 Å². The van der Waals surface area contributed by atoms with E-state index in [0.29, 0.717) is 11.5 Å². The Kier molecular flexibility index (Phi) is 3.22. The normalized spacial score (nSPS) is 22.2. The Bertz CT molecular complexity index is 431. The number of carbonyl (C=O) groups excluding carboxylic acids is 1. The van der Waals surface area contributed by atoms with Crippen molar-refractivity contribution in [2.24, 2.45) is 5.92 Å². The Hall–Kier alpha value is -1.71. The molecule has 17 heavy (non-hydrogen) atoms. The van der Waals surface area contributed by atoms with Crippen molar-refractivity contribution in [1.29, 1.82) is 0 Å². The summed E-state index contributed by atoms with van der Waals surface area (Å²) in [4.78, 5) is 11.8. The number of phenolic OH excluding ortho intramolecular Hbond substituents is 2. The van der Waals surface area contributed by atoms with Crippen LogP contribution in [0.4, 0.5) is 0 Å². The second-order valence-corrected chi connectivity index (χ2v) is 4.57. The highest BCUT2D eigenvalue weighted by molar-refractivity contribution is 5.95. The number of nitrogens with one attached hydrogen (secondary N) is 1. The lowest BCUT2D eigenvalue weighted by molar-refractivity contribution is 0.0948. The van der Waals surface area contributed by atoms with Crippen LogP contribution in [0.2, 0.25) is 0 Å². The Morgan fingerprint density at radius 1 is 1.41 bits per heavy atom. The fourth-order valence-corrected chi connectivity index (χ4v) is 2.03. The summed E-state index contributed by atoms with van der Waals surface area (Å²) in [5.74, 6) is -0.0612. The quantitative estimate of drug-likeness (QED) is 0.699. The minimum absolute atomic E-state index is 0.191. The lowest BCUT2D eigenvalue weighted by Gasteiger charge is -2.05. The van der Waals surface area contributed by atoms with E-state index in [2.05, 4.69) is 12.2 Å². The van der Waals surface area contributed by atoms with Crippen LogP contribution in [0.3, 0.4) is 0 Å². The lowest BCUT2D eigenvalue weighted by Crippen LogP contribution is -2.26. The van der Waals surface area contributed by atoms with E-state index >= 15 is 0 Å². The van der Waals surface area contributed by atoms with Gasteiger partial charge >= 0.3 is 0 Å². The van der Waals surface area contributed by atoms with Gasteiger partial charge in [0, 0.05) is 11.6 Å². The van der Waals surface area contributed by atoms with E-state index in [1.807, 2.05) is 0 Å². The van der Waals surface area contributed by atoms with Crippen LogP contribution in [0, 0.1) is 5.92 Å². The van der Waals surface area contributed by atoms with Gasteiger partial charge in [0.2, 0.25) is 0 Å². The molecule has 0 saturated heterocycles. The van der Waals surface area contributed by atoms with Crippen LogP contribution < -0.4 is 5.32 Å². The van der Waals surface area contributed by atoms with Crippen molar-refractivity contribution in [2.45, 2.75) is 32.2 Å². The first-order chi connectivity index (χ1) is 8.11. The van der Waals surface area contributed by atoms with Crippen molar-refractivity contribution >= 4 is 5.91 Å². The molecule has 1 amide bonds. The molecule has 0 aliphatic heterocycles. The van der Waals surface area contributed by atoms with Crippen LogP contribution in [-0.4, -0.2) is 22.2 Å². The Balaban J connectivity index is 1.94. The molecular weight excluding hydrogens is 218 g/mol. The highest BCUT2D eigenvalue weighted by Gasteiger charge is 2.37. The third kappa shape index (κ3) is 2.70. The van der Waals surface area contributed by atoms with E-state index < -0.39 is 0 Å². The van der Waals surface area contributed by atoms with Crippen LogP contribution in [0.25, 0.3) is 0 Å². The largest absolute Gasteiger partial charge is 0.504 e. The fraction of sp³-hybridized carbons (Fsp3) is 0.462. The molecule has 0 spiro atoms. The summed E-state index contributed by atoms with van der Waals surface area (Å²) in [5.41, 5.74) is 0.377. The Morgan fingerprint density at radius 2 is 2.18 bits per heavy atom. The third-order valence-electron chi connectivity index (χ3n) is 3.14. The molecule has 0 heterocycles. The Labute approximate surface area is 100 Å². The summed E-state index contributed by atoms with van der Waals surface area (Å²) in [5, 5.41) is 21.4. The molecule has 4 nitrogen and oxygen atoms in total. The van der Waals surface area contributed by atoms with Gasteiger partial charge in [0.05, 0.1) is 0 Å². The van der Waals surface area contributed by atoms with Gasteiger partial charge < -0.3 is 15.5 Å². The van der Waals surface area contributed by atoms with E-state index in [4.69, 9.17) is 5.11 Å². The summed E-state index contributed by atoms with van der Waals surface area (Å²) >= 11 is 0. The van der Waals surface area contributed by atoms with Crippen molar-refractivity contribution in [1.82, 2.24) is 5.32 Å². The van der Waals surface area contributed by atoms with Gasteiger partial charge in [-0.3, -0.25) is 4.79 Å². The number of rotatable bonds is 4. The summed E-state index contributed by atoms with van der Waals surface area (Å²) in [6.45, 7) is 2.13. The fourth-order valence-electron chi connectivity index (χ4n) is 2.03. The average Bonchev–Trinajstić information content (AvgIpc) is 3.01. The summed E-state index contributed by atoms with van der Waals surface area (Å²) < 4.78 is 0. The topological polar surface area (TPSA) is 69.6 Å². The van der Waals surface area contributed by atoms with Gasteiger partial charge in [0.15, 0.2) is 11.5 Å². The van der Waals surface area contributed by atoms with E-state index in [9.17, 15) is 9.90 Å². The zero-order chi connectivity index (χ0) is 12.4. The number of phenols is 2. The molecule has 0 radical (unpaired) electrons. The molecule has 0 bridgehead atoms. The standard InChI is InChI=1S/C13H17NO3/c1-2-3-8-6-10(8)14-13(17)9-4-5-11(15)12(16)7-9/h4-5,7-8,10,15-16H,2-3,6H2,1H3,(H,14,17). The predicted octanol–water partition coefficient (Wildman–Crippen LogP) is 2.02. The van der Waals surface area contributed by atoms with Gasteiger partial charge in [-0.15, -0.1) is 0 Å². The highest BCUT2D eigenvalue weighted by Crippen LogP contribution is 2.35. The summed E-state index contributed by atoms with van der Waals surface area (Å²) in [6.07, 6.45) is 3.33. The van der Waals surface area contributed by atoms with Gasteiger partial charge in [0.25, 0.3) is 5.91 Å². The third-order valence-corrected chi connectivity index (χ3v) is 3.14.